The van der Waals surface area contributed by atoms with Crippen LogP contribution in [-0.2, 0) is 9.53 Å². The summed E-state index contributed by atoms with van der Waals surface area (Å²) in [5.41, 5.74) is 5.57. The number of hydrogen-bond donors (Lipinski definition) is 2. The number of carbonyl (C=O) groups excluding carboxylic acids is 1. The Kier molecular flexibility index (Phi) is 6.65. The molecule has 0 aromatic carbocycles. The van der Waals surface area contributed by atoms with E-state index in [4.69, 9.17) is 10.5 Å². The van der Waals surface area contributed by atoms with Crippen molar-refractivity contribution < 1.29 is 9.53 Å². The van der Waals surface area contributed by atoms with E-state index in [9.17, 15) is 4.79 Å². The molecule has 3 N–H and O–H groups in total. The number of rotatable bonds is 6. The van der Waals surface area contributed by atoms with Gasteiger partial charge < -0.3 is 15.8 Å². The van der Waals surface area contributed by atoms with E-state index in [0.29, 0.717) is 25.6 Å². The lowest BCUT2D eigenvalue weighted by atomic mass is 9.79. The smallest absolute Gasteiger partial charge is 0.227 e. The molecule has 0 aliphatic heterocycles. The highest BCUT2D eigenvalue weighted by atomic mass is 16.5. The summed E-state index contributed by atoms with van der Waals surface area (Å²) < 4.78 is 5.08. The van der Waals surface area contributed by atoms with Crippen molar-refractivity contribution in [1.82, 2.24) is 5.32 Å². The second-order valence-electron chi connectivity index (χ2n) is 5.67. The molecule has 1 unspecified atom stereocenters. The Morgan fingerprint density at radius 3 is 2.44 bits per heavy atom. The van der Waals surface area contributed by atoms with Crippen molar-refractivity contribution in [2.45, 2.75) is 45.4 Å². The Labute approximate surface area is 111 Å². The fourth-order valence-electron chi connectivity index (χ4n) is 2.73. The van der Waals surface area contributed by atoms with Crippen LogP contribution < -0.4 is 11.1 Å². The number of methoxy groups -OCH3 is 1. The Bertz CT molecular complexity index is 248. The van der Waals surface area contributed by atoms with Gasteiger partial charge in [-0.25, -0.2) is 0 Å². The second-order valence-corrected chi connectivity index (χ2v) is 5.67. The van der Waals surface area contributed by atoms with E-state index in [1.165, 1.54) is 12.8 Å². The predicted octanol–water partition coefficient (Wildman–Crippen LogP) is 1.68. The van der Waals surface area contributed by atoms with Gasteiger partial charge in [0.2, 0.25) is 5.91 Å². The highest BCUT2D eigenvalue weighted by Gasteiger charge is 2.36. The molecule has 0 heterocycles. The van der Waals surface area contributed by atoms with E-state index in [-0.39, 0.29) is 11.3 Å². The van der Waals surface area contributed by atoms with Gasteiger partial charge in [0.05, 0.1) is 12.0 Å². The maximum Gasteiger partial charge on any atom is 0.227 e. The summed E-state index contributed by atoms with van der Waals surface area (Å²) in [6, 6.07) is 0. The Hall–Kier alpha value is -0.610. The summed E-state index contributed by atoms with van der Waals surface area (Å²) in [7, 11) is 1.69. The van der Waals surface area contributed by atoms with Gasteiger partial charge in [-0.2, -0.15) is 0 Å². The zero-order chi connectivity index (χ0) is 13.4. The van der Waals surface area contributed by atoms with Crippen LogP contribution in [0.4, 0.5) is 0 Å². The molecular formula is C14H28N2O2. The van der Waals surface area contributed by atoms with Gasteiger partial charge in [-0.05, 0) is 18.8 Å². The quantitative estimate of drug-likeness (QED) is 0.711. The average molecular weight is 256 g/mol. The van der Waals surface area contributed by atoms with Gasteiger partial charge in [0, 0.05) is 20.2 Å². The van der Waals surface area contributed by atoms with Crippen molar-refractivity contribution in [3.05, 3.63) is 0 Å². The summed E-state index contributed by atoms with van der Waals surface area (Å²) >= 11 is 0. The number of nitrogens with one attached hydrogen (secondary N) is 1. The molecule has 18 heavy (non-hydrogen) atoms. The molecule has 1 rings (SSSR count). The first-order valence-electron chi connectivity index (χ1n) is 7.12. The van der Waals surface area contributed by atoms with Crippen LogP contribution in [0.15, 0.2) is 0 Å². The van der Waals surface area contributed by atoms with Crippen LogP contribution in [0.25, 0.3) is 0 Å². The molecule has 0 bridgehead atoms. The van der Waals surface area contributed by atoms with Crippen molar-refractivity contribution in [3.63, 3.8) is 0 Å². The molecule has 1 aliphatic carbocycles. The third kappa shape index (κ3) is 4.25. The van der Waals surface area contributed by atoms with E-state index >= 15 is 0 Å². The minimum absolute atomic E-state index is 0.148. The third-order valence-electron chi connectivity index (χ3n) is 4.00. The average Bonchev–Trinajstić information content (AvgIpc) is 2.62. The molecule has 1 atom stereocenters. The highest BCUT2D eigenvalue weighted by molar-refractivity contribution is 5.82. The van der Waals surface area contributed by atoms with E-state index in [1.807, 2.05) is 0 Å². The largest absolute Gasteiger partial charge is 0.384 e. The summed E-state index contributed by atoms with van der Waals surface area (Å²) in [6.07, 6.45) is 6.59. The molecular weight excluding hydrogens is 228 g/mol. The van der Waals surface area contributed by atoms with Crippen LogP contribution in [0, 0.1) is 11.3 Å². The molecule has 0 spiro atoms. The number of ether oxygens (including phenoxy) is 1. The highest BCUT2D eigenvalue weighted by Crippen LogP contribution is 2.34. The third-order valence-corrected chi connectivity index (χ3v) is 4.00. The van der Waals surface area contributed by atoms with Gasteiger partial charge in [0.25, 0.3) is 0 Å². The number of nitrogens with two attached hydrogens (primary N) is 1. The van der Waals surface area contributed by atoms with Crippen LogP contribution >= 0.6 is 0 Å². The zero-order valence-electron chi connectivity index (χ0n) is 11.8. The molecule has 0 saturated heterocycles. The lowest BCUT2D eigenvalue weighted by molar-refractivity contribution is -0.131. The van der Waals surface area contributed by atoms with Gasteiger partial charge in [0.15, 0.2) is 0 Å². The van der Waals surface area contributed by atoms with Crippen LogP contribution in [0.1, 0.15) is 45.4 Å². The second kappa shape index (κ2) is 7.74. The van der Waals surface area contributed by atoms with Gasteiger partial charge in [0.1, 0.15) is 0 Å². The lowest BCUT2D eigenvalue weighted by Crippen LogP contribution is -2.47. The Morgan fingerprint density at radius 1 is 1.33 bits per heavy atom. The van der Waals surface area contributed by atoms with Crippen LogP contribution in [0.3, 0.4) is 0 Å². The fourth-order valence-corrected chi connectivity index (χ4v) is 2.73. The van der Waals surface area contributed by atoms with E-state index in [0.717, 1.165) is 25.7 Å². The maximum absolute atomic E-state index is 12.4. The summed E-state index contributed by atoms with van der Waals surface area (Å²) in [5, 5.41) is 3.06. The predicted molar refractivity (Wildman–Crippen MR) is 73.2 cm³/mol. The fraction of sp³-hybridized carbons (Fsp3) is 0.929. The van der Waals surface area contributed by atoms with Crippen LogP contribution in [0.2, 0.25) is 0 Å². The van der Waals surface area contributed by atoms with Crippen molar-refractivity contribution >= 4 is 5.91 Å². The maximum atomic E-state index is 12.4. The number of carbonyl (C=O) groups is 1. The zero-order valence-corrected chi connectivity index (χ0v) is 11.8. The molecule has 1 amide bonds. The van der Waals surface area contributed by atoms with Gasteiger partial charge in [-0.1, -0.05) is 32.6 Å². The molecule has 0 aromatic rings. The number of amides is 1. The molecule has 1 fully saturated rings. The first-order valence-corrected chi connectivity index (χ1v) is 7.12. The molecule has 1 aliphatic rings. The van der Waals surface area contributed by atoms with Crippen LogP contribution in [0.5, 0.6) is 0 Å². The van der Waals surface area contributed by atoms with Gasteiger partial charge in [-0.15, -0.1) is 0 Å². The van der Waals surface area contributed by atoms with Crippen molar-refractivity contribution in [2.75, 3.05) is 26.8 Å². The first kappa shape index (κ1) is 15.4. The molecule has 1 saturated carbocycles. The SMILES string of the molecule is COCC(C)CNC(=O)C1(CN)CCCCCC1. The molecule has 106 valence electrons. The molecule has 4 heteroatoms. The van der Waals surface area contributed by atoms with E-state index in [2.05, 4.69) is 12.2 Å². The van der Waals surface area contributed by atoms with Crippen molar-refractivity contribution in [3.8, 4) is 0 Å². The minimum atomic E-state index is -0.316. The normalized spacial score (nSPS) is 21.1. The minimum Gasteiger partial charge on any atom is -0.384 e. The molecule has 0 radical (unpaired) electrons. The summed E-state index contributed by atoms with van der Waals surface area (Å²) in [5.74, 6) is 0.495. The van der Waals surface area contributed by atoms with Crippen molar-refractivity contribution in [1.29, 1.82) is 0 Å². The van der Waals surface area contributed by atoms with E-state index < -0.39 is 0 Å². The van der Waals surface area contributed by atoms with E-state index in [1.54, 1.807) is 7.11 Å². The van der Waals surface area contributed by atoms with Gasteiger partial charge >= 0.3 is 0 Å². The summed E-state index contributed by atoms with van der Waals surface area (Å²) in [4.78, 5) is 12.4. The van der Waals surface area contributed by atoms with Crippen molar-refractivity contribution in [2.24, 2.45) is 17.1 Å². The topological polar surface area (TPSA) is 64.3 Å². The number of hydrogen-bond acceptors (Lipinski definition) is 3. The Balaban J connectivity index is 2.50. The lowest BCUT2D eigenvalue weighted by Gasteiger charge is -2.30. The molecule has 0 aromatic heterocycles. The monoisotopic (exact) mass is 256 g/mol. The van der Waals surface area contributed by atoms with Gasteiger partial charge in [-0.3, -0.25) is 4.79 Å². The first-order chi connectivity index (χ1) is 8.64. The Morgan fingerprint density at radius 2 is 1.94 bits per heavy atom. The molecule has 4 nitrogen and oxygen atoms in total. The standard InChI is InChI=1S/C14H28N2O2/c1-12(10-18-2)9-16-13(17)14(11-15)7-5-3-4-6-8-14/h12H,3-11,15H2,1-2H3,(H,16,17). The summed E-state index contributed by atoms with van der Waals surface area (Å²) in [6.45, 7) is 3.90. The van der Waals surface area contributed by atoms with Crippen LogP contribution in [-0.4, -0.2) is 32.7 Å².